The van der Waals surface area contributed by atoms with Crippen LogP contribution in [0.15, 0.2) is 24.3 Å². The summed E-state index contributed by atoms with van der Waals surface area (Å²) in [6.07, 6.45) is 2.48. The van der Waals surface area contributed by atoms with Crippen LogP contribution in [0, 0.1) is 5.41 Å². The second kappa shape index (κ2) is 6.46. The van der Waals surface area contributed by atoms with Crippen LogP contribution in [0.4, 0.5) is 0 Å². The second-order valence-electron chi connectivity index (χ2n) is 3.30. The van der Waals surface area contributed by atoms with E-state index >= 15 is 0 Å². The number of hydrogen-bond acceptors (Lipinski definition) is 2. The lowest BCUT2D eigenvalue weighted by Crippen LogP contribution is -2.03. The minimum Gasteiger partial charge on any atom is -0.481 e. The molecule has 1 N–H and O–H groups in total. The van der Waals surface area contributed by atoms with Gasteiger partial charge in [-0.25, -0.2) is 0 Å². The van der Waals surface area contributed by atoms with E-state index in [4.69, 9.17) is 21.7 Å². The normalized spacial score (nSPS) is 10.0. The third-order valence-corrected chi connectivity index (χ3v) is 2.50. The maximum Gasteiger partial charge on any atom is 0.180 e. The third kappa shape index (κ3) is 4.34. The molecule has 0 bridgehead atoms. The first-order valence-electron chi connectivity index (χ1n) is 5.17. The van der Waals surface area contributed by atoms with Gasteiger partial charge < -0.3 is 4.74 Å². The number of aryl methyl sites for hydroxylation is 1. The molecule has 0 aromatic heterocycles. The first-order chi connectivity index (χ1) is 7.24. The highest BCUT2D eigenvalue weighted by Crippen LogP contribution is 2.17. The molecular formula is C12H16ClNO. The van der Waals surface area contributed by atoms with E-state index in [9.17, 15) is 0 Å². The number of halogens is 1. The van der Waals surface area contributed by atoms with Crippen molar-refractivity contribution in [2.75, 3.05) is 6.61 Å². The maximum absolute atomic E-state index is 7.45. The lowest BCUT2D eigenvalue weighted by atomic mass is 10.1. The summed E-state index contributed by atoms with van der Waals surface area (Å²) in [4.78, 5) is 0. The van der Waals surface area contributed by atoms with E-state index < -0.39 is 0 Å². The zero-order valence-corrected chi connectivity index (χ0v) is 9.68. The van der Waals surface area contributed by atoms with E-state index in [-0.39, 0.29) is 0 Å². The molecule has 0 atom stereocenters. The highest BCUT2D eigenvalue weighted by Gasteiger charge is 2.01. The number of rotatable bonds is 5. The molecule has 0 aliphatic rings. The Balaban J connectivity index is 2.32. The predicted octanol–water partition coefficient (Wildman–Crippen LogP) is 3.68. The summed E-state index contributed by atoms with van der Waals surface area (Å²) in [5.41, 5.74) is 1.14. The Labute approximate surface area is 95.7 Å². The van der Waals surface area contributed by atoms with Gasteiger partial charge in [-0.15, -0.1) is 0 Å². The van der Waals surface area contributed by atoms with Gasteiger partial charge in [-0.3, -0.25) is 5.41 Å². The molecule has 0 fully saturated rings. The highest BCUT2D eigenvalue weighted by atomic mass is 35.5. The van der Waals surface area contributed by atoms with Crippen molar-refractivity contribution in [2.24, 2.45) is 0 Å². The molecule has 1 aromatic rings. The largest absolute Gasteiger partial charge is 0.481 e. The Morgan fingerprint density at radius 2 is 2.13 bits per heavy atom. The molecule has 0 saturated heterocycles. The monoisotopic (exact) mass is 225 g/mol. The molecule has 0 amide bonds. The third-order valence-electron chi connectivity index (χ3n) is 2.13. The van der Waals surface area contributed by atoms with Crippen LogP contribution in [0.5, 0.6) is 0 Å². The standard InChI is InChI=1S/C12H16ClNO/c1-2-15-12(14)9-5-7-10-6-3-4-8-11(10)13/h3-4,6,8,14H,2,5,7,9H2,1H3. The van der Waals surface area contributed by atoms with E-state index in [1.54, 1.807) is 0 Å². The number of nitrogens with one attached hydrogen (secondary N) is 1. The van der Waals surface area contributed by atoms with Crippen LogP contribution >= 0.6 is 11.6 Å². The summed E-state index contributed by atoms with van der Waals surface area (Å²) >= 11 is 6.02. The maximum atomic E-state index is 7.45. The van der Waals surface area contributed by atoms with Crippen molar-refractivity contribution in [3.8, 4) is 0 Å². The molecule has 1 rings (SSSR count). The Morgan fingerprint density at radius 3 is 2.80 bits per heavy atom. The van der Waals surface area contributed by atoms with Gasteiger partial charge >= 0.3 is 0 Å². The minimum absolute atomic E-state index is 0.365. The van der Waals surface area contributed by atoms with Crippen molar-refractivity contribution in [2.45, 2.75) is 26.2 Å². The van der Waals surface area contributed by atoms with Gasteiger partial charge in [-0.05, 0) is 31.4 Å². The van der Waals surface area contributed by atoms with Crippen molar-refractivity contribution in [1.29, 1.82) is 5.41 Å². The van der Waals surface area contributed by atoms with Gasteiger partial charge in [-0.1, -0.05) is 29.8 Å². The van der Waals surface area contributed by atoms with Crippen LogP contribution in [0.3, 0.4) is 0 Å². The van der Waals surface area contributed by atoms with Crippen LogP contribution in [-0.4, -0.2) is 12.5 Å². The van der Waals surface area contributed by atoms with Crippen molar-refractivity contribution in [1.82, 2.24) is 0 Å². The molecule has 0 heterocycles. The van der Waals surface area contributed by atoms with Crippen molar-refractivity contribution >= 4 is 17.5 Å². The van der Waals surface area contributed by atoms with Gasteiger partial charge in [0.1, 0.15) is 0 Å². The molecule has 1 aromatic carbocycles. The molecule has 0 unspecified atom stereocenters. The van der Waals surface area contributed by atoms with Crippen LogP contribution in [-0.2, 0) is 11.2 Å². The van der Waals surface area contributed by atoms with Crippen LogP contribution < -0.4 is 0 Å². The van der Waals surface area contributed by atoms with Crippen molar-refractivity contribution in [3.63, 3.8) is 0 Å². The first kappa shape index (κ1) is 12.1. The summed E-state index contributed by atoms with van der Waals surface area (Å²) in [5.74, 6) is 0.365. The summed E-state index contributed by atoms with van der Waals surface area (Å²) in [6, 6.07) is 7.82. The Kier molecular flexibility index (Phi) is 5.19. The zero-order valence-electron chi connectivity index (χ0n) is 8.92. The van der Waals surface area contributed by atoms with E-state index in [1.807, 2.05) is 31.2 Å². The SMILES string of the molecule is CCOC(=N)CCCc1ccccc1Cl. The van der Waals surface area contributed by atoms with Crippen molar-refractivity contribution in [3.05, 3.63) is 34.9 Å². The summed E-state index contributed by atoms with van der Waals surface area (Å²) in [6.45, 7) is 2.47. The van der Waals surface area contributed by atoms with Gasteiger partial charge in [0.25, 0.3) is 0 Å². The molecule has 0 saturated carbocycles. The Hall–Kier alpha value is -1.02. The summed E-state index contributed by atoms with van der Waals surface area (Å²) in [5, 5.41) is 8.26. The molecule has 3 heteroatoms. The lowest BCUT2D eigenvalue weighted by molar-refractivity contribution is 0.313. The van der Waals surface area contributed by atoms with Crippen LogP contribution in [0.25, 0.3) is 0 Å². The zero-order chi connectivity index (χ0) is 11.1. The van der Waals surface area contributed by atoms with Gasteiger partial charge in [-0.2, -0.15) is 0 Å². The highest BCUT2D eigenvalue weighted by molar-refractivity contribution is 6.31. The number of hydrogen-bond donors (Lipinski definition) is 1. The van der Waals surface area contributed by atoms with E-state index in [1.165, 1.54) is 0 Å². The summed E-state index contributed by atoms with van der Waals surface area (Å²) in [7, 11) is 0. The number of ether oxygens (including phenoxy) is 1. The topological polar surface area (TPSA) is 33.1 Å². The Bertz CT molecular complexity index is 325. The minimum atomic E-state index is 0.365. The molecular weight excluding hydrogens is 210 g/mol. The smallest absolute Gasteiger partial charge is 0.180 e. The number of benzene rings is 1. The molecule has 0 radical (unpaired) electrons. The Morgan fingerprint density at radius 1 is 1.40 bits per heavy atom. The fourth-order valence-electron chi connectivity index (χ4n) is 1.39. The molecule has 82 valence electrons. The van der Waals surface area contributed by atoms with Crippen molar-refractivity contribution < 1.29 is 4.74 Å². The predicted molar refractivity (Wildman–Crippen MR) is 63.7 cm³/mol. The van der Waals surface area contributed by atoms with Crippen LogP contribution in [0.1, 0.15) is 25.3 Å². The van der Waals surface area contributed by atoms with Gasteiger partial charge in [0, 0.05) is 11.4 Å². The molecule has 15 heavy (non-hydrogen) atoms. The first-order valence-corrected chi connectivity index (χ1v) is 5.55. The quantitative estimate of drug-likeness (QED) is 0.602. The average Bonchev–Trinajstić information content (AvgIpc) is 2.21. The molecule has 0 aliphatic heterocycles. The average molecular weight is 226 g/mol. The van der Waals surface area contributed by atoms with Gasteiger partial charge in [0.2, 0.25) is 0 Å². The van der Waals surface area contributed by atoms with Gasteiger partial charge in [0.15, 0.2) is 5.90 Å². The second-order valence-corrected chi connectivity index (χ2v) is 3.71. The molecule has 0 aliphatic carbocycles. The van der Waals surface area contributed by atoms with Gasteiger partial charge in [0.05, 0.1) is 6.61 Å². The molecule has 2 nitrogen and oxygen atoms in total. The van der Waals surface area contributed by atoms with E-state index in [0.29, 0.717) is 18.9 Å². The fourth-order valence-corrected chi connectivity index (χ4v) is 1.62. The fraction of sp³-hybridized carbons (Fsp3) is 0.417. The van der Waals surface area contributed by atoms with Crippen LogP contribution in [0.2, 0.25) is 5.02 Å². The van der Waals surface area contributed by atoms with E-state index in [2.05, 4.69) is 0 Å². The lowest BCUT2D eigenvalue weighted by Gasteiger charge is -2.05. The molecule has 0 spiro atoms. The van der Waals surface area contributed by atoms with E-state index in [0.717, 1.165) is 23.4 Å². The summed E-state index contributed by atoms with van der Waals surface area (Å²) < 4.78 is 5.06.